The molecule has 1 unspecified atom stereocenters. The minimum Gasteiger partial charge on any atom is -0.496 e. The van der Waals surface area contributed by atoms with Gasteiger partial charge in [0, 0.05) is 51.3 Å². The van der Waals surface area contributed by atoms with Crippen molar-refractivity contribution in [3.63, 3.8) is 0 Å². The molecule has 0 heterocycles. The van der Waals surface area contributed by atoms with Gasteiger partial charge in [0.25, 0.3) is 0 Å². The maximum absolute atomic E-state index is 13.7. The Balaban J connectivity index is 1.21. The van der Waals surface area contributed by atoms with Crippen molar-refractivity contribution in [3.05, 3.63) is 259 Å². The highest BCUT2D eigenvalue weighted by Crippen LogP contribution is 2.47. The van der Waals surface area contributed by atoms with E-state index in [1.807, 2.05) is 97.1 Å². The number of anilines is 6. The molecular weight excluding hydrogens is 733 g/mol. The highest BCUT2D eigenvalue weighted by Gasteiger charge is 2.37. The molecule has 0 aliphatic heterocycles. The maximum Gasteiger partial charge on any atom is 0.141 e. The highest BCUT2D eigenvalue weighted by atomic mass is 16.5. The number of hydrogen-bond acceptors (Lipinski definition) is 4. The monoisotopic (exact) mass is 776 g/mol. The van der Waals surface area contributed by atoms with Crippen molar-refractivity contribution in [1.29, 1.82) is 0 Å². The first-order valence-corrected chi connectivity index (χ1v) is 20.2. The van der Waals surface area contributed by atoms with Crippen molar-refractivity contribution < 1.29 is 9.84 Å². The predicted octanol–water partition coefficient (Wildman–Crippen LogP) is 14.3. The fraction of sp³-hybridized carbons (Fsp3) is 0.0357. The number of rotatable bonds is 12. The van der Waals surface area contributed by atoms with Crippen molar-refractivity contribution in [2.24, 2.45) is 0 Å². The quantitative estimate of drug-likeness (QED) is 0.125. The van der Waals surface area contributed by atoms with Crippen LogP contribution < -0.4 is 14.5 Å². The average Bonchev–Trinajstić information content (AvgIpc) is 3.33. The zero-order valence-corrected chi connectivity index (χ0v) is 33.3. The molecule has 0 bridgehead atoms. The van der Waals surface area contributed by atoms with Crippen LogP contribution in [0.15, 0.2) is 243 Å². The largest absolute Gasteiger partial charge is 0.496 e. The summed E-state index contributed by atoms with van der Waals surface area (Å²) < 4.78 is 6.23. The van der Waals surface area contributed by atoms with Gasteiger partial charge in [-0.3, -0.25) is 0 Å². The Morgan fingerprint density at radius 1 is 0.350 bits per heavy atom. The summed E-state index contributed by atoms with van der Waals surface area (Å²) in [5.74, 6) is 0.689. The molecule has 60 heavy (non-hydrogen) atoms. The molecule has 1 atom stereocenters. The molecule has 0 aliphatic rings. The van der Waals surface area contributed by atoms with E-state index in [9.17, 15) is 5.11 Å². The second-order valence-electron chi connectivity index (χ2n) is 14.6. The summed E-state index contributed by atoms with van der Waals surface area (Å²) >= 11 is 0. The summed E-state index contributed by atoms with van der Waals surface area (Å²) in [7, 11) is 1.71. The number of hydrogen-bond donors (Lipinski definition) is 1. The molecule has 4 nitrogen and oxygen atoms in total. The van der Waals surface area contributed by atoms with Gasteiger partial charge in [-0.15, -0.1) is 0 Å². The van der Waals surface area contributed by atoms with Crippen molar-refractivity contribution in [1.82, 2.24) is 0 Å². The van der Waals surface area contributed by atoms with E-state index in [0.717, 1.165) is 73.1 Å². The van der Waals surface area contributed by atoms with Gasteiger partial charge in [0.15, 0.2) is 0 Å². The molecule has 4 heteroatoms. The molecule has 290 valence electrons. The molecule has 9 aromatic carbocycles. The zero-order valence-electron chi connectivity index (χ0n) is 33.3. The van der Waals surface area contributed by atoms with Crippen LogP contribution in [0.4, 0.5) is 34.1 Å². The molecule has 0 spiro atoms. The van der Waals surface area contributed by atoms with Gasteiger partial charge in [-0.05, 0) is 107 Å². The van der Waals surface area contributed by atoms with Crippen LogP contribution in [0.5, 0.6) is 5.75 Å². The van der Waals surface area contributed by atoms with Crippen LogP contribution in [0, 0.1) is 0 Å². The third-order valence-electron chi connectivity index (χ3n) is 11.0. The maximum atomic E-state index is 13.7. The molecule has 0 saturated carbocycles. The predicted molar refractivity (Wildman–Crippen MR) is 248 cm³/mol. The Labute approximate surface area is 352 Å². The molecule has 0 saturated heterocycles. The summed E-state index contributed by atoms with van der Waals surface area (Å²) in [6.07, 6.45) is 0. The summed E-state index contributed by atoms with van der Waals surface area (Å²) in [6, 6.07) is 82.7. The van der Waals surface area contributed by atoms with Crippen molar-refractivity contribution in [2.45, 2.75) is 5.60 Å². The van der Waals surface area contributed by atoms with Gasteiger partial charge in [0.05, 0.1) is 7.11 Å². The van der Waals surface area contributed by atoms with Gasteiger partial charge in [0.2, 0.25) is 0 Å². The molecule has 0 fully saturated rings. The number of nitrogens with zero attached hydrogens (tertiary/aromatic N) is 2. The molecule has 9 rings (SSSR count). The second kappa shape index (κ2) is 17.1. The Morgan fingerprint density at radius 3 is 1.32 bits per heavy atom. The first kappa shape index (κ1) is 37.9. The minimum absolute atomic E-state index is 0.689. The highest BCUT2D eigenvalue weighted by molar-refractivity contribution is 5.83. The van der Waals surface area contributed by atoms with Crippen LogP contribution in [0.25, 0.3) is 22.3 Å². The molecule has 0 aliphatic carbocycles. The van der Waals surface area contributed by atoms with Gasteiger partial charge in [-0.25, -0.2) is 0 Å². The lowest BCUT2D eigenvalue weighted by Gasteiger charge is -2.33. The standard InChI is InChI=1S/C56H44N2O2/c1-60-55-41-51(58(48-28-13-5-14-29-48)49-30-15-6-16-31-49)38-39-53(55)52-32-17-18-33-54(52)56(59,45-23-19-22-43(40-45)42-20-7-2-8-21-42)44-34-36-50(37-35-44)57(46-24-9-3-10-25-46)47-26-11-4-12-27-47/h2-41,59H,1H3. The van der Waals surface area contributed by atoms with Crippen LogP contribution in [-0.2, 0) is 5.60 Å². The molecule has 0 amide bonds. The van der Waals surface area contributed by atoms with E-state index in [-0.39, 0.29) is 0 Å². The third kappa shape index (κ3) is 7.44. The van der Waals surface area contributed by atoms with E-state index >= 15 is 0 Å². The fourth-order valence-electron chi connectivity index (χ4n) is 8.16. The third-order valence-corrected chi connectivity index (χ3v) is 11.0. The van der Waals surface area contributed by atoms with E-state index in [0.29, 0.717) is 5.75 Å². The number of methoxy groups -OCH3 is 1. The van der Waals surface area contributed by atoms with Crippen LogP contribution in [0.3, 0.4) is 0 Å². The van der Waals surface area contributed by atoms with Crippen molar-refractivity contribution in [3.8, 4) is 28.0 Å². The number of benzene rings is 9. The summed E-state index contributed by atoms with van der Waals surface area (Å²) in [5, 5.41) is 13.7. The van der Waals surface area contributed by atoms with Gasteiger partial charge in [-0.1, -0.05) is 158 Å². The Hall–Kier alpha value is -7.66. The average molecular weight is 777 g/mol. The Morgan fingerprint density at radius 2 is 0.783 bits per heavy atom. The SMILES string of the molecule is COc1cc(N(c2ccccc2)c2ccccc2)ccc1-c1ccccc1C(O)(c1ccc(N(c2ccccc2)c2ccccc2)cc1)c1cccc(-c2ccccc2)c1. The number of para-hydroxylation sites is 4. The topological polar surface area (TPSA) is 35.9 Å². The lowest BCUT2D eigenvalue weighted by atomic mass is 9.76. The van der Waals surface area contributed by atoms with Crippen LogP contribution in [0.1, 0.15) is 16.7 Å². The van der Waals surface area contributed by atoms with E-state index in [1.54, 1.807) is 7.11 Å². The summed E-state index contributed by atoms with van der Waals surface area (Å²) in [4.78, 5) is 4.45. The Kier molecular flexibility index (Phi) is 10.8. The minimum atomic E-state index is -1.58. The van der Waals surface area contributed by atoms with E-state index in [4.69, 9.17) is 4.74 Å². The lowest BCUT2D eigenvalue weighted by Crippen LogP contribution is -2.30. The molecule has 1 N–H and O–H groups in total. The van der Waals surface area contributed by atoms with E-state index < -0.39 is 5.60 Å². The first-order chi connectivity index (χ1) is 29.6. The van der Waals surface area contributed by atoms with Crippen LogP contribution in [-0.4, -0.2) is 12.2 Å². The fourth-order valence-corrected chi connectivity index (χ4v) is 8.16. The van der Waals surface area contributed by atoms with Crippen molar-refractivity contribution in [2.75, 3.05) is 16.9 Å². The van der Waals surface area contributed by atoms with E-state index in [1.165, 1.54) is 0 Å². The first-order valence-electron chi connectivity index (χ1n) is 20.2. The van der Waals surface area contributed by atoms with Gasteiger partial charge in [-0.2, -0.15) is 0 Å². The lowest BCUT2D eigenvalue weighted by molar-refractivity contribution is 0.126. The molecular formula is C56H44N2O2. The summed E-state index contributed by atoms with van der Waals surface area (Å²) in [5.41, 5.74) is 10.6. The van der Waals surface area contributed by atoms with Gasteiger partial charge >= 0.3 is 0 Å². The van der Waals surface area contributed by atoms with Crippen molar-refractivity contribution >= 4 is 34.1 Å². The summed E-state index contributed by atoms with van der Waals surface area (Å²) in [6.45, 7) is 0. The number of ether oxygens (including phenoxy) is 1. The van der Waals surface area contributed by atoms with E-state index in [2.05, 4.69) is 155 Å². The van der Waals surface area contributed by atoms with Crippen LogP contribution in [0.2, 0.25) is 0 Å². The van der Waals surface area contributed by atoms with Gasteiger partial charge in [0.1, 0.15) is 11.4 Å². The molecule has 9 aromatic rings. The van der Waals surface area contributed by atoms with Crippen LogP contribution >= 0.6 is 0 Å². The zero-order chi connectivity index (χ0) is 40.7. The normalized spacial score (nSPS) is 12.0. The second-order valence-corrected chi connectivity index (χ2v) is 14.6. The Bertz CT molecular complexity index is 2720. The number of aliphatic hydroxyl groups is 1. The molecule has 0 aromatic heterocycles. The van der Waals surface area contributed by atoms with Gasteiger partial charge < -0.3 is 19.6 Å². The molecule has 0 radical (unpaired) electrons. The smallest absolute Gasteiger partial charge is 0.141 e.